The summed E-state index contributed by atoms with van der Waals surface area (Å²) in [6.45, 7) is 0. The second kappa shape index (κ2) is 11.5. The molecule has 49 heavy (non-hydrogen) atoms. The van der Waals surface area contributed by atoms with Gasteiger partial charge in [-0.15, -0.1) is 22.7 Å². The summed E-state index contributed by atoms with van der Waals surface area (Å²) in [5.74, 6) is 0. The van der Waals surface area contributed by atoms with Crippen LogP contribution in [0.3, 0.4) is 0 Å². The van der Waals surface area contributed by atoms with E-state index in [1.165, 1.54) is 73.4 Å². The summed E-state index contributed by atoms with van der Waals surface area (Å²) < 4.78 is 5.31. The summed E-state index contributed by atoms with van der Waals surface area (Å²) >= 11 is 3.74. The number of thiophene rings is 2. The van der Waals surface area contributed by atoms with Crippen LogP contribution in [0.25, 0.3) is 73.4 Å². The molecule has 0 fully saturated rings. The van der Waals surface area contributed by atoms with Gasteiger partial charge in [0.05, 0.1) is 0 Å². The Morgan fingerprint density at radius 2 is 0.959 bits per heavy atom. The van der Waals surface area contributed by atoms with Crippen LogP contribution in [-0.2, 0) is 0 Å². The number of anilines is 3. The molecule has 230 valence electrons. The van der Waals surface area contributed by atoms with Crippen molar-refractivity contribution >= 4 is 90.9 Å². The van der Waals surface area contributed by atoms with E-state index >= 15 is 0 Å². The molecule has 0 amide bonds. The van der Waals surface area contributed by atoms with Crippen LogP contribution in [0.1, 0.15) is 0 Å². The fourth-order valence-corrected chi connectivity index (χ4v) is 9.57. The van der Waals surface area contributed by atoms with Crippen molar-refractivity contribution in [3.8, 4) is 22.3 Å². The third-order valence-corrected chi connectivity index (χ3v) is 11.9. The fraction of sp³-hybridized carbons (Fsp3) is 0. The van der Waals surface area contributed by atoms with Gasteiger partial charge in [-0.25, -0.2) is 0 Å². The first-order valence-electron chi connectivity index (χ1n) is 16.6. The molecule has 2 aromatic heterocycles. The average Bonchev–Trinajstić information content (AvgIpc) is 3.73. The highest BCUT2D eigenvalue weighted by molar-refractivity contribution is 7.26. The first kappa shape index (κ1) is 28.3. The van der Waals surface area contributed by atoms with Gasteiger partial charge in [0.1, 0.15) is 0 Å². The topological polar surface area (TPSA) is 3.24 Å². The molecule has 10 aromatic rings. The lowest BCUT2D eigenvalue weighted by Crippen LogP contribution is -2.10. The van der Waals surface area contributed by atoms with Gasteiger partial charge in [0.15, 0.2) is 0 Å². The van der Waals surface area contributed by atoms with Crippen LogP contribution in [0.2, 0.25) is 0 Å². The molecule has 0 N–H and O–H groups in total. The van der Waals surface area contributed by atoms with Crippen molar-refractivity contribution in [1.29, 1.82) is 0 Å². The van der Waals surface area contributed by atoms with E-state index in [2.05, 4.69) is 181 Å². The van der Waals surface area contributed by atoms with Gasteiger partial charge < -0.3 is 4.90 Å². The Bertz CT molecular complexity index is 2830. The monoisotopic (exact) mass is 659 g/mol. The Hall–Kier alpha value is -5.74. The van der Waals surface area contributed by atoms with Crippen molar-refractivity contribution in [3.05, 3.63) is 176 Å². The van der Waals surface area contributed by atoms with E-state index in [9.17, 15) is 0 Å². The number of benzene rings is 8. The molecule has 0 saturated carbocycles. The molecule has 8 aromatic carbocycles. The Kier molecular flexibility index (Phi) is 6.61. The highest BCUT2D eigenvalue weighted by Gasteiger charge is 2.17. The van der Waals surface area contributed by atoms with Crippen molar-refractivity contribution in [2.75, 3.05) is 4.90 Å². The summed E-state index contributed by atoms with van der Waals surface area (Å²) in [5.41, 5.74) is 8.29. The zero-order valence-corrected chi connectivity index (χ0v) is 28.1. The first-order valence-corrected chi connectivity index (χ1v) is 18.2. The van der Waals surface area contributed by atoms with Gasteiger partial charge >= 0.3 is 0 Å². The maximum absolute atomic E-state index is 2.40. The Labute approximate surface area is 292 Å². The maximum atomic E-state index is 2.40. The number of hydrogen-bond acceptors (Lipinski definition) is 3. The van der Waals surface area contributed by atoms with Crippen LogP contribution in [0.15, 0.2) is 176 Å². The van der Waals surface area contributed by atoms with E-state index in [4.69, 9.17) is 0 Å². The van der Waals surface area contributed by atoms with E-state index < -0.39 is 0 Å². The zero-order chi connectivity index (χ0) is 32.3. The third-order valence-electron chi connectivity index (χ3n) is 9.63. The molecule has 0 saturated heterocycles. The van der Waals surface area contributed by atoms with Gasteiger partial charge in [0.2, 0.25) is 0 Å². The number of fused-ring (bicyclic) bond motifs is 7. The molecular weight excluding hydrogens is 631 g/mol. The lowest BCUT2D eigenvalue weighted by atomic mass is 9.98. The predicted molar refractivity (Wildman–Crippen MR) is 215 cm³/mol. The lowest BCUT2D eigenvalue weighted by molar-refractivity contribution is 1.29. The minimum Gasteiger partial charge on any atom is -0.310 e. The highest BCUT2D eigenvalue weighted by Crippen LogP contribution is 2.44. The Morgan fingerprint density at radius 3 is 1.82 bits per heavy atom. The van der Waals surface area contributed by atoms with Gasteiger partial charge in [0, 0.05) is 57.4 Å². The van der Waals surface area contributed by atoms with Gasteiger partial charge in [-0.1, -0.05) is 109 Å². The van der Waals surface area contributed by atoms with Crippen LogP contribution in [0.4, 0.5) is 17.1 Å². The summed E-state index contributed by atoms with van der Waals surface area (Å²) in [4.78, 5) is 2.40. The molecule has 0 unspecified atom stereocenters. The third kappa shape index (κ3) is 4.82. The van der Waals surface area contributed by atoms with E-state index in [-0.39, 0.29) is 0 Å². The number of rotatable bonds is 5. The molecule has 0 spiro atoms. The number of nitrogens with zero attached hydrogens (tertiary/aromatic N) is 1. The largest absolute Gasteiger partial charge is 0.310 e. The molecule has 0 radical (unpaired) electrons. The summed E-state index contributed by atoms with van der Waals surface area (Å²) in [6.07, 6.45) is 0. The van der Waals surface area contributed by atoms with Gasteiger partial charge in [-0.05, 0) is 99.8 Å². The maximum Gasteiger partial charge on any atom is 0.0468 e. The zero-order valence-electron chi connectivity index (χ0n) is 26.5. The van der Waals surface area contributed by atoms with Crippen molar-refractivity contribution < 1.29 is 0 Å². The normalized spacial score (nSPS) is 11.7. The lowest BCUT2D eigenvalue weighted by Gasteiger charge is -2.26. The summed E-state index contributed by atoms with van der Waals surface area (Å²) in [6, 6.07) is 64.5. The molecule has 0 bridgehead atoms. The van der Waals surface area contributed by atoms with Crippen LogP contribution >= 0.6 is 22.7 Å². The van der Waals surface area contributed by atoms with Crippen molar-refractivity contribution in [1.82, 2.24) is 0 Å². The second-order valence-electron chi connectivity index (χ2n) is 12.6. The average molecular weight is 660 g/mol. The summed E-state index contributed by atoms with van der Waals surface area (Å²) in [7, 11) is 0. The van der Waals surface area contributed by atoms with Gasteiger partial charge in [-0.2, -0.15) is 0 Å². The van der Waals surface area contributed by atoms with E-state index in [0.717, 1.165) is 17.1 Å². The minimum absolute atomic E-state index is 1.12. The van der Waals surface area contributed by atoms with Crippen molar-refractivity contribution in [3.63, 3.8) is 0 Å². The molecule has 0 aliphatic heterocycles. The first-order chi connectivity index (χ1) is 24.3. The van der Waals surface area contributed by atoms with Crippen molar-refractivity contribution in [2.45, 2.75) is 0 Å². The van der Waals surface area contributed by atoms with E-state index in [1.807, 2.05) is 22.7 Å². The standard InChI is InChI=1S/C46H29NS2/c1-2-10-30(11-3-1)31-20-23-35(24-21-31)47(37-25-22-32-29-45-41(28-34(32)27-37)39-14-4-6-17-42(39)49-45)36-13-8-12-33(26-36)38-16-9-19-44-46(38)40-15-5-7-18-43(40)48-44/h1-29H. The van der Waals surface area contributed by atoms with Crippen LogP contribution in [0, 0.1) is 0 Å². The number of hydrogen-bond donors (Lipinski definition) is 0. The quantitative estimate of drug-likeness (QED) is 0.178. The molecular formula is C46H29NS2. The summed E-state index contributed by atoms with van der Waals surface area (Å²) in [5, 5.41) is 7.79. The van der Waals surface area contributed by atoms with Gasteiger partial charge in [0.25, 0.3) is 0 Å². The van der Waals surface area contributed by atoms with Gasteiger partial charge in [-0.3, -0.25) is 0 Å². The highest BCUT2D eigenvalue weighted by atomic mass is 32.1. The fourth-order valence-electron chi connectivity index (χ4n) is 7.30. The van der Waals surface area contributed by atoms with E-state index in [1.54, 1.807) is 0 Å². The minimum atomic E-state index is 1.12. The predicted octanol–water partition coefficient (Wildman–Crippen LogP) is 14.4. The van der Waals surface area contributed by atoms with Crippen LogP contribution < -0.4 is 4.90 Å². The van der Waals surface area contributed by atoms with E-state index in [0.29, 0.717) is 0 Å². The molecule has 0 aliphatic carbocycles. The van der Waals surface area contributed by atoms with Crippen molar-refractivity contribution in [2.24, 2.45) is 0 Å². The molecule has 0 atom stereocenters. The molecule has 0 aliphatic rings. The van der Waals surface area contributed by atoms with Crippen LogP contribution in [0.5, 0.6) is 0 Å². The van der Waals surface area contributed by atoms with Crippen LogP contribution in [-0.4, -0.2) is 0 Å². The molecule has 3 heteroatoms. The smallest absolute Gasteiger partial charge is 0.0468 e. The Morgan fingerprint density at radius 1 is 0.327 bits per heavy atom. The molecule has 1 nitrogen and oxygen atoms in total. The second-order valence-corrected chi connectivity index (χ2v) is 14.7. The Balaban J connectivity index is 1.15. The SMILES string of the molecule is c1ccc(-c2ccc(N(c3cccc(-c4cccc5sc6ccccc6c45)c3)c3ccc4cc5sc6ccccc6c5cc4c3)cc2)cc1. The molecule has 10 rings (SSSR count). The molecule has 2 heterocycles.